The maximum atomic E-state index is 5.81. The number of rotatable bonds is 5. The van der Waals surface area contributed by atoms with E-state index in [1.54, 1.807) is 0 Å². The smallest absolute Gasteiger partial charge is 0.122 e. The minimum atomic E-state index is 0.603. The molecule has 0 amide bonds. The Kier molecular flexibility index (Phi) is 5.16. The number of ether oxygens (including phenoxy) is 1. The van der Waals surface area contributed by atoms with E-state index in [9.17, 15) is 0 Å². The quantitative estimate of drug-likeness (QED) is 0.732. The van der Waals surface area contributed by atoms with E-state index in [0.717, 1.165) is 24.1 Å². The van der Waals surface area contributed by atoms with Crippen molar-refractivity contribution in [2.24, 2.45) is 5.92 Å². The van der Waals surface area contributed by atoms with Gasteiger partial charge in [-0.15, -0.1) is 0 Å². The predicted molar refractivity (Wildman–Crippen MR) is 69.0 cm³/mol. The highest BCUT2D eigenvalue weighted by molar-refractivity contribution is 9.09. The SMILES string of the molecule is CCC(CBr)COc1ccc(C)cc1C. The van der Waals surface area contributed by atoms with Gasteiger partial charge in [0.2, 0.25) is 0 Å². The van der Waals surface area contributed by atoms with Gasteiger partial charge < -0.3 is 4.74 Å². The van der Waals surface area contributed by atoms with Gasteiger partial charge in [-0.3, -0.25) is 0 Å². The molecule has 0 aliphatic carbocycles. The Morgan fingerprint density at radius 2 is 2.07 bits per heavy atom. The number of halogens is 1. The summed E-state index contributed by atoms with van der Waals surface area (Å²) < 4.78 is 5.81. The van der Waals surface area contributed by atoms with Crippen molar-refractivity contribution in [2.75, 3.05) is 11.9 Å². The van der Waals surface area contributed by atoms with Gasteiger partial charge in [-0.05, 0) is 31.9 Å². The summed E-state index contributed by atoms with van der Waals surface area (Å²) in [6, 6.07) is 6.31. The Balaban J connectivity index is 2.57. The summed E-state index contributed by atoms with van der Waals surface area (Å²) in [7, 11) is 0. The fourth-order valence-corrected chi connectivity index (χ4v) is 2.09. The molecule has 1 rings (SSSR count). The van der Waals surface area contributed by atoms with Crippen molar-refractivity contribution >= 4 is 15.9 Å². The lowest BCUT2D eigenvalue weighted by molar-refractivity contribution is 0.258. The first-order valence-corrected chi connectivity index (χ1v) is 6.55. The molecule has 0 bridgehead atoms. The minimum Gasteiger partial charge on any atom is -0.493 e. The van der Waals surface area contributed by atoms with Crippen molar-refractivity contribution in [1.82, 2.24) is 0 Å². The lowest BCUT2D eigenvalue weighted by atomic mass is 10.1. The number of hydrogen-bond donors (Lipinski definition) is 0. The van der Waals surface area contributed by atoms with Crippen LogP contribution >= 0.6 is 15.9 Å². The third kappa shape index (κ3) is 3.86. The molecule has 15 heavy (non-hydrogen) atoms. The second-order valence-electron chi connectivity index (χ2n) is 4.01. The van der Waals surface area contributed by atoms with Crippen molar-refractivity contribution in [3.8, 4) is 5.75 Å². The molecule has 0 aliphatic heterocycles. The van der Waals surface area contributed by atoms with E-state index in [-0.39, 0.29) is 0 Å². The molecule has 1 aromatic rings. The minimum absolute atomic E-state index is 0.603. The van der Waals surface area contributed by atoms with Gasteiger partial charge in [-0.1, -0.05) is 40.5 Å². The van der Waals surface area contributed by atoms with Crippen LogP contribution in [0.1, 0.15) is 24.5 Å². The van der Waals surface area contributed by atoms with E-state index >= 15 is 0 Å². The first-order valence-electron chi connectivity index (χ1n) is 5.43. The van der Waals surface area contributed by atoms with Gasteiger partial charge >= 0.3 is 0 Å². The van der Waals surface area contributed by atoms with Crippen LogP contribution in [0.15, 0.2) is 18.2 Å². The molecule has 0 heterocycles. The second kappa shape index (κ2) is 6.16. The average Bonchev–Trinajstić information content (AvgIpc) is 2.22. The Morgan fingerprint density at radius 1 is 1.33 bits per heavy atom. The molecule has 0 spiro atoms. The fraction of sp³-hybridized carbons (Fsp3) is 0.538. The summed E-state index contributed by atoms with van der Waals surface area (Å²) in [4.78, 5) is 0. The zero-order chi connectivity index (χ0) is 11.3. The fourth-order valence-electron chi connectivity index (χ4n) is 1.44. The summed E-state index contributed by atoms with van der Waals surface area (Å²) in [5.74, 6) is 1.62. The Labute approximate surface area is 101 Å². The number of alkyl halides is 1. The monoisotopic (exact) mass is 270 g/mol. The number of aryl methyl sites for hydroxylation is 2. The molecular weight excluding hydrogens is 252 g/mol. The van der Waals surface area contributed by atoms with Gasteiger partial charge in [0.15, 0.2) is 0 Å². The molecule has 1 atom stereocenters. The Morgan fingerprint density at radius 3 is 2.60 bits per heavy atom. The standard InChI is InChI=1S/C13H19BrO/c1-4-12(8-14)9-15-13-6-5-10(2)7-11(13)3/h5-7,12H,4,8-9H2,1-3H3. The van der Waals surface area contributed by atoms with Gasteiger partial charge in [0, 0.05) is 11.2 Å². The molecule has 0 saturated heterocycles. The summed E-state index contributed by atoms with van der Waals surface area (Å²) in [5.41, 5.74) is 2.51. The van der Waals surface area contributed by atoms with Crippen molar-refractivity contribution in [3.63, 3.8) is 0 Å². The number of benzene rings is 1. The second-order valence-corrected chi connectivity index (χ2v) is 4.66. The van der Waals surface area contributed by atoms with Crippen LogP contribution in [0.25, 0.3) is 0 Å². The molecule has 1 aromatic carbocycles. The first kappa shape index (κ1) is 12.6. The normalized spacial score (nSPS) is 12.5. The lowest BCUT2D eigenvalue weighted by Gasteiger charge is -2.14. The molecule has 2 heteroatoms. The summed E-state index contributed by atoms with van der Waals surface area (Å²) >= 11 is 3.50. The highest BCUT2D eigenvalue weighted by Crippen LogP contribution is 2.20. The van der Waals surface area contributed by atoms with Gasteiger partial charge in [0.1, 0.15) is 5.75 Å². The lowest BCUT2D eigenvalue weighted by Crippen LogP contribution is -2.12. The van der Waals surface area contributed by atoms with Crippen LogP contribution < -0.4 is 4.74 Å². The van der Waals surface area contributed by atoms with E-state index in [4.69, 9.17) is 4.74 Å². The summed E-state index contributed by atoms with van der Waals surface area (Å²) in [6.45, 7) is 7.18. The van der Waals surface area contributed by atoms with E-state index < -0.39 is 0 Å². The van der Waals surface area contributed by atoms with Crippen molar-refractivity contribution in [2.45, 2.75) is 27.2 Å². The average molecular weight is 271 g/mol. The van der Waals surface area contributed by atoms with E-state index in [1.807, 2.05) is 0 Å². The van der Waals surface area contributed by atoms with Crippen LogP contribution in [0.4, 0.5) is 0 Å². The van der Waals surface area contributed by atoms with Crippen LogP contribution in [0.2, 0.25) is 0 Å². The molecule has 0 N–H and O–H groups in total. The Bertz CT molecular complexity index is 305. The largest absolute Gasteiger partial charge is 0.493 e. The van der Waals surface area contributed by atoms with Gasteiger partial charge in [-0.2, -0.15) is 0 Å². The van der Waals surface area contributed by atoms with Crippen LogP contribution in [0.3, 0.4) is 0 Å². The molecule has 0 saturated carbocycles. The van der Waals surface area contributed by atoms with Crippen LogP contribution in [-0.4, -0.2) is 11.9 Å². The van der Waals surface area contributed by atoms with E-state index in [1.165, 1.54) is 11.1 Å². The van der Waals surface area contributed by atoms with Crippen LogP contribution in [0.5, 0.6) is 5.75 Å². The number of hydrogen-bond acceptors (Lipinski definition) is 1. The molecule has 0 aromatic heterocycles. The zero-order valence-electron chi connectivity index (χ0n) is 9.72. The molecule has 1 nitrogen and oxygen atoms in total. The molecule has 0 radical (unpaired) electrons. The van der Waals surface area contributed by atoms with E-state index in [0.29, 0.717) is 5.92 Å². The molecular formula is C13H19BrO. The molecule has 1 unspecified atom stereocenters. The van der Waals surface area contributed by atoms with Crippen LogP contribution in [0, 0.1) is 19.8 Å². The third-order valence-electron chi connectivity index (χ3n) is 2.60. The predicted octanol–water partition coefficient (Wildman–Crippen LogP) is 4.10. The van der Waals surface area contributed by atoms with Crippen LogP contribution in [-0.2, 0) is 0 Å². The van der Waals surface area contributed by atoms with E-state index in [2.05, 4.69) is 54.9 Å². The van der Waals surface area contributed by atoms with Crippen molar-refractivity contribution < 1.29 is 4.74 Å². The van der Waals surface area contributed by atoms with Crippen molar-refractivity contribution in [1.29, 1.82) is 0 Å². The molecule has 0 aliphatic rings. The molecule has 0 fully saturated rings. The maximum Gasteiger partial charge on any atom is 0.122 e. The van der Waals surface area contributed by atoms with Crippen molar-refractivity contribution in [3.05, 3.63) is 29.3 Å². The highest BCUT2D eigenvalue weighted by atomic mass is 79.9. The third-order valence-corrected chi connectivity index (χ3v) is 3.52. The van der Waals surface area contributed by atoms with Gasteiger partial charge in [-0.25, -0.2) is 0 Å². The van der Waals surface area contributed by atoms with Gasteiger partial charge in [0.25, 0.3) is 0 Å². The topological polar surface area (TPSA) is 9.23 Å². The molecule has 84 valence electrons. The summed E-state index contributed by atoms with van der Waals surface area (Å²) in [5, 5.41) is 1.01. The Hall–Kier alpha value is -0.500. The van der Waals surface area contributed by atoms with Gasteiger partial charge in [0.05, 0.1) is 6.61 Å². The highest BCUT2D eigenvalue weighted by Gasteiger charge is 2.06. The zero-order valence-corrected chi connectivity index (χ0v) is 11.3. The maximum absolute atomic E-state index is 5.81. The first-order chi connectivity index (χ1) is 7.17. The summed E-state index contributed by atoms with van der Waals surface area (Å²) in [6.07, 6.45) is 1.15.